The van der Waals surface area contributed by atoms with Gasteiger partial charge in [-0.3, -0.25) is 4.52 Å². The first-order valence-electron chi connectivity index (χ1n) is 4.34. The molecule has 0 saturated heterocycles. The van der Waals surface area contributed by atoms with Crippen molar-refractivity contribution in [2.45, 2.75) is 0 Å². The van der Waals surface area contributed by atoms with Crippen molar-refractivity contribution in [3.05, 3.63) is 0 Å². The zero-order valence-corrected chi connectivity index (χ0v) is 9.38. The van der Waals surface area contributed by atoms with Gasteiger partial charge in [0, 0.05) is 7.11 Å². The number of rotatable bonds is 10. The summed E-state index contributed by atoms with van der Waals surface area (Å²) < 4.78 is 51.5. The van der Waals surface area contributed by atoms with Crippen LogP contribution in [0, 0.1) is 0 Å². The summed E-state index contributed by atoms with van der Waals surface area (Å²) in [5.74, 6) is 0. The normalized spacial score (nSPS) is 11.9. The predicted molar refractivity (Wildman–Crippen MR) is 49.3 cm³/mol. The smallest absolute Gasteiger partial charge is 0.382 e. The number of hydrogen-bond acceptors (Lipinski definition) is 5. The molecule has 0 bridgehead atoms. The Morgan fingerprint density at radius 1 is 0.933 bits per heavy atom. The van der Waals surface area contributed by atoms with Crippen LogP contribution in [-0.4, -0.2) is 46.8 Å². The van der Waals surface area contributed by atoms with E-state index in [9.17, 15) is 13.0 Å². The Morgan fingerprint density at radius 3 is 1.87 bits per heavy atom. The van der Waals surface area contributed by atoms with Crippen molar-refractivity contribution in [3.63, 3.8) is 0 Å². The van der Waals surface area contributed by atoms with Crippen molar-refractivity contribution in [2.24, 2.45) is 0 Å². The first-order valence-corrected chi connectivity index (χ1v) is 5.75. The lowest BCUT2D eigenvalue weighted by atomic mass is 10.7. The minimum Gasteiger partial charge on any atom is -0.382 e. The van der Waals surface area contributed by atoms with E-state index >= 15 is 0 Å². The van der Waals surface area contributed by atoms with E-state index in [-0.39, 0.29) is 19.8 Å². The molecule has 0 amide bonds. The van der Waals surface area contributed by atoms with Crippen molar-refractivity contribution in [3.8, 4) is 0 Å². The Kier molecular flexibility index (Phi) is 9.13. The highest BCUT2D eigenvalue weighted by atomic mass is 31.2. The fourth-order valence-electron chi connectivity index (χ4n) is 0.667. The Morgan fingerprint density at radius 2 is 1.40 bits per heavy atom. The summed E-state index contributed by atoms with van der Waals surface area (Å²) >= 11 is 0. The highest BCUT2D eigenvalue weighted by molar-refractivity contribution is 7.47. The Hall–Kier alpha value is -0.0700. The summed E-state index contributed by atoms with van der Waals surface area (Å²) in [4.78, 5) is 0. The lowest BCUT2D eigenvalue weighted by molar-refractivity contribution is 0.0169. The van der Waals surface area contributed by atoms with Gasteiger partial charge in [0.15, 0.2) is 0 Å². The number of methoxy groups -OCH3 is 1. The van der Waals surface area contributed by atoms with E-state index in [1.807, 2.05) is 0 Å². The van der Waals surface area contributed by atoms with Gasteiger partial charge in [-0.25, -0.2) is 4.57 Å². The van der Waals surface area contributed by atoms with Crippen LogP contribution in [0.2, 0.25) is 0 Å². The van der Waals surface area contributed by atoms with Gasteiger partial charge >= 0.3 is 7.99 Å². The maximum Gasteiger partial charge on any atom is 0.552 e. The van der Waals surface area contributed by atoms with Gasteiger partial charge < -0.3 is 14.2 Å². The molecule has 92 valence electrons. The first kappa shape index (κ1) is 14.9. The summed E-state index contributed by atoms with van der Waals surface area (Å²) in [7, 11) is -3.80. The molecule has 0 unspecified atom stereocenters. The fraction of sp³-hybridized carbons (Fsp3) is 1.00. The summed E-state index contributed by atoms with van der Waals surface area (Å²) in [6.45, 7) is 1.16. The summed E-state index contributed by atoms with van der Waals surface area (Å²) in [5, 5.41) is 0. The maximum absolute atomic E-state index is 11.7. The van der Waals surface area contributed by atoms with Gasteiger partial charge in [-0.05, 0) is 0 Å². The van der Waals surface area contributed by atoms with Crippen molar-refractivity contribution in [1.29, 1.82) is 0 Å². The molecule has 0 aliphatic rings. The monoisotopic (exact) mass is 248 g/mol. The molecule has 0 aromatic carbocycles. The van der Waals surface area contributed by atoms with Gasteiger partial charge in [0.1, 0.15) is 0 Å². The van der Waals surface area contributed by atoms with Gasteiger partial charge in [-0.1, -0.05) is 0 Å². The highest BCUT2D eigenvalue weighted by Gasteiger charge is 2.19. The standard InChI is InChI=1S/C7H15F2O5P/c1-11-2-3-12-4-5-13-6-7-14-15(8,9)10/h2-7H2,1H3. The van der Waals surface area contributed by atoms with E-state index in [0.29, 0.717) is 19.8 Å². The average molecular weight is 248 g/mol. The van der Waals surface area contributed by atoms with Crippen LogP contribution in [0.4, 0.5) is 8.39 Å². The molecule has 8 heteroatoms. The highest BCUT2D eigenvalue weighted by Crippen LogP contribution is 2.49. The topological polar surface area (TPSA) is 54.0 Å². The predicted octanol–water partition coefficient (Wildman–Crippen LogP) is 1.73. The van der Waals surface area contributed by atoms with Gasteiger partial charge in [-0.2, -0.15) is 0 Å². The lowest BCUT2D eigenvalue weighted by Crippen LogP contribution is -2.10. The molecule has 0 spiro atoms. The summed E-state index contributed by atoms with van der Waals surface area (Å²) in [5.41, 5.74) is 0. The van der Waals surface area contributed by atoms with Gasteiger partial charge in [0.25, 0.3) is 0 Å². The van der Waals surface area contributed by atoms with Crippen LogP contribution in [0.3, 0.4) is 0 Å². The molecular weight excluding hydrogens is 233 g/mol. The van der Waals surface area contributed by atoms with Crippen LogP contribution in [0.15, 0.2) is 0 Å². The van der Waals surface area contributed by atoms with E-state index in [1.54, 1.807) is 7.11 Å². The lowest BCUT2D eigenvalue weighted by Gasteiger charge is -2.05. The zero-order chi connectivity index (χ0) is 11.6. The quantitative estimate of drug-likeness (QED) is 0.435. The third-order valence-electron chi connectivity index (χ3n) is 1.27. The molecule has 0 aromatic heterocycles. The average Bonchev–Trinajstić information content (AvgIpc) is 2.14. The van der Waals surface area contributed by atoms with Gasteiger partial charge in [0.05, 0.1) is 39.6 Å². The molecule has 0 fully saturated rings. The molecule has 0 aromatic rings. The first-order chi connectivity index (χ1) is 7.06. The van der Waals surface area contributed by atoms with Crippen LogP contribution in [0.1, 0.15) is 0 Å². The third kappa shape index (κ3) is 13.9. The molecule has 5 nitrogen and oxygen atoms in total. The van der Waals surface area contributed by atoms with Gasteiger partial charge in [-0.15, -0.1) is 8.39 Å². The van der Waals surface area contributed by atoms with Crippen molar-refractivity contribution in [2.75, 3.05) is 46.8 Å². The molecule has 0 radical (unpaired) electrons. The van der Waals surface area contributed by atoms with E-state index in [1.165, 1.54) is 0 Å². The number of halogens is 2. The minimum atomic E-state index is -5.36. The molecule has 0 heterocycles. The largest absolute Gasteiger partial charge is 0.552 e. The molecule has 0 atom stereocenters. The van der Waals surface area contributed by atoms with Crippen LogP contribution in [-0.2, 0) is 23.3 Å². The number of hydrogen-bond donors (Lipinski definition) is 0. The second-order valence-electron chi connectivity index (χ2n) is 2.47. The minimum absolute atomic E-state index is 0.0362. The second kappa shape index (κ2) is 9.18. The van der Waals surface area contributed by atoms with Crippen LogP contribution in [0.25, 0.3) is 0 Å². The van der Waals surface area contributed by atoms with Crippen molar-refractivity contribution >= 4 is 7.99 Å². The van der Waals surface area contributed by atoms with Gasteiger partial charge in [0.2, 0.25) is 0 Å². The Labute approximate surface area is 87.3 Å². The zero-order valence-electron chi connectivity index (χ0n) is 8.49. The summed E-state index contributed by atoms with van der Waals surface area (Å²) in [6.07, 6.45) is 0. The molecule has 0 rings (SSSR count). The third-order valence-corrected chi connectivity index (χ3v) is 1.76. The molecule has 0 saturated carbocycles. The van der Waals surface area contributed by atoms with E-state index in [2.05, 4.69) is 4.52 Å². The maximum atomic E-state index is 11.7. The van der Waals surface area contributed by atoms with Crippen LogP contribution >= 0.6 is 7.99 Å². The van der Waals surface area contributed by atoms with E-state index in [0.717, 1.165) is 0 Å². The molecule has 0 aliphatic heterocycles. The molecule has 0 N–H and O–H groups in total. The van der Waals surface area contributed by atoms with Crippen LogP contribution in [0.5, 0.6) is 0 Å². The Bertz CT molecular complexity index is 186. The number of ether oxygens (including phenoxy) is 3. The SMILES string of the molecule is COCCOCCOCCOP(=O)(F)F. The van der Waals surface area contributed by atoms with Crippen LogP contribution < -0.4 is 0 Å². The Balaban J connectivity index is 3.02. The van der Waals surface area contributed by atoms with Crippen molar-refractivity contribution < 1.29 is 31.7 Å². The van der Waals surface area contributed by atoms with Crippen molar-refractivity contribution in [1.82, 2.24) is 0 Å². The fourth-order valence-corrected chi connectivity index (χ4v) is 0.954. The molecular formula is C7H15F2O5P. The van der Waals surface area contributed by atoms with E-state index in [4.69, 9.17) is 14.2 Å². The molecule has 15 heavy (non-hydrogen) atoms. The summed E-state index contributed by atoms with van der Waals surface area (Å²) in [6, 6.07) is 0. The van der Waals surface area contributed by atoms with E-state index < -0.39 is 7.99 Å². The molecule has 0 aliphatic carbocycles. The second-order valence-corrected chi connectivity index (χ2v) is 3.55.